The van der Waals surface area contributed by atoms with Crippen LogP contribution in [0.2, 0.25) is 0 Å². The van der Waals surface area contributed by atoms with Crippen molar-refractivity contribution in [2.75, 3.05) is 38.2 Å². The van der Waals surface area contributed by atoms with Gasteiger partial charge in [-0.25, -0.2) is 4.98 Å². The van der Waals surface area contributed by atoms with E-state index < -0.39 is 0 Å². The van der Waals surface area contributed by atoms with Crippen LogP contribution in [-0.2, 0) is 6.54 Å². The summed E-state index contributed by atoms with van der Waals surface area (Å²) in [6, 6.07) is 23.2. The van der Waals surface area contributed by atoms with E-state index in [0.717, 1.165) is 41.1 Å². The Hall–Kier alpha value is -4.13. The van der Waals surface area contributed by atoms with Gasteiger partial charge in [0.25, 0.3) is 11.5 Å². The summed E-state index contributed by atoms with van der Waals surface area (Å²) in [6.07, 6.45) is 0. The number of rotatable bonds is 5. The molecule has 4 aromatic rings. The zero-order chi connectivity index (χ0) is 24.4. The number of carbonyl (C=O) groups excluding carboxylic acids is 1. The molecule has 5 rings (SSSR count). The van der Waals surface area contributed by atoms with Crippen LogP contribution in [0.5, 0.6) is 5.75 Å². The van der Waals surface area contributed by atoms with Gasteiger partial charge in [0, 0.05) is 43.5 Å². The van der Waals surface area contributed by atoms with Gasteiger partial charge in [-0.1, -0.05) is 30.3 Å². The molecule has 0 radical (unpaired) electrons. The van der Waals surface area contributed by atoms with Crippen molar-refractivity contribution in [2.45, 2.75) is 13.5 Å². The Bertz CT molecular complexity index is 1420. The topological polar surface area (TPSA) is 67.7 Å². The fourth-order valence-corrected chi connectivity index (χ4v) is 4.57. The smallest absolute Gasteiger partial charge is 0.272 e. The van der Waals surface area contributed by atoms with E-state index in [1.54, 1.807) is 18.6 Å². The number of carbonyl (C=O) groups is 1. The third kappa shape index (κ3) is 4.62. The third-order valence-electron chi connectivity index (χ3n) is 6.54. The summed E-state index contributed by atoms with van der Waals surface area (Å²) in [6.45, 7) is 5.03. The number of benzene rings is 3. The molecule has 1 aromatic heterocycles. The van der Waals surface area contributed by atoms with Crippen molar-refractivity contribution in [3.8, 4) is 5.75 Å². The Balaban J connectivity index is 1.27. The van der Waals surface area contributed by atoms with E-state index in [1.807, 2.05) is 71.6 Å². The first-order valence-electron chi connectivity index (χ1n) is 11.8. The van der Waals surface area contributed by atoms with Gasteiger partial charge in [-0.05, 0) is 48.9 Å². The highest BCUT2D eigenvalue weighted by molar-refractivity contribution is 5.94. The number of ether oxygens (including phenoxy) is 1. The minimum absolute atomic E-state index is 0.0317. The van der Waals surface area contributed by atoms with Crippen LogP contribution in [0.25, 0.3) is 11.0 Å². The molecular weight excluding hydrogens is 440 g/mol. The number of hydrogen-bond donors (Lipinski definition) is 0. The predicted octanol–water partition coefficient (Wildman–Crippen LogP) is 3.72. The van der Waals surface area contributed by atoms with Crippen LogP contribution in [-0.4, -0.2) is 53.6 Å². The molecule has 0 N–H and O–H groups in total. The van der Waals surface area contributed by atoms with Crippen molar-refractivity contribution in [3.05, 3.63) is 100.0 Å². The highest BCUT2D eigenvalue weighted by Crippen LogP contribution is 2.22. The Morgan fingerprint density at radius 3 is 2.43 bits per heavy atom. The SMILES string of the molecule is COc1cccc(N2CCN(C(=O)c3ccc(Cn4c(=O)c(C)nc5ccccc54)cc3)CC2)c1. The van der Waals surface area contributed by atoms with E-state index in [4.69, 9.17) is 4.74 Å². The fraction of sp³-hybridized carbons (Fsp3) is 0.250. The molecule has 0 aliphatic carbocycles. The molecule has 0 atom stereocenters. The predicted molar refractivity (Wildman–Crippen MR) is 137 cm³/mol. The third-order valence-corrected chi connectivity index (χ3v) is 6.54. The summed E-state index contributed by atoms with van der Waals surface area (Å²) < 4.78 is 7.07. The summed E-state index contributed by atoms with van der Waals surface area (Å²) in [4.78, 5) is 34.5. The first-order chi connectivity index (χ1) is 17.0. The zero-order valence-corrected chi connectivity index (χ0v) is 20.0. The van der Waals surface area contributed by atoms with Crippen LogP contribution in [0, 0.1) is 6.92 Å². The molecule has 2 heterocycles. The van der Waals surface area contributed by atoms with E-state index in [9.17, 15) is 9.59 Å². The number of piperazine rings is 1. The molecule has 3 aromatic carbocycles. The average molecular weight is 469 g/mol. The minimum Gasteiger partial charge on any atom is -0.497 e. The lowest BCUT2D eigenvalue weighted by Gasteiger charge is -2.36. The average Bonchev–Trinajstić information content (AvgIpc) is 2.91. The van der Waals surface area contributed by atoms with E-state index in [-0.39, 0.29) is 11.5 Å². The molecule has 178 valence electrons. The quantitative estimate of drug-likeness (QED) is 0.447. The van der Waals surface area contributed by atoms with E-state index in [2.05, 4.69) is 16.0 Å². The standard InChI is InChI=1S/C28H28N4O3/c1-20-27(33)32(26-9-4-3-8-25(26)29-20)19-21-10-12-22(13-11-21)28(34)31-16-14-30(15-17-31)23-6-5-7-24(18-23)35-2/h3-13,18H,14-17,19H2,1-2H3. The number of aromatic nitrogens is 2. The summed E-state index contributed by atoms with van der Waals surface area (Å²) in [5, 5.41) is 0. The van der Waals surface area contributed by atoms with Crippen LogP contribution in [0.3, 0.4) is 0 Å². The molecule has 1 saturated heterocycles. The van der Waals surface area contributed by atoms with Crippen LogP contribution in [0.1, 0.15) is 21.6 Å². The minimum atomic E-state index is -0.0993. The number of amides is 1. The fourth-order valence-electron chi connectivity index (χ4n) is 4.57. The maximum atomic E-state index is 13.1. The lowest BCUT2D eigenvalue weighted by Crippen LogP contribution is -2.48. The first kappa shape index (κ1) is 22.7. The Kier molecular flexibility index (Phi) is 6.23. The normalized spacial score (nSPS) is 13.8. The summed E-state index contributed by atoms with van der Waals surface area (Å²) in [7, 11) is 1.67. The van der Waals surface area contributed by atoms with Crippen LogP contribution in [0.4, 0.5) is 5.69 Å². The molecule has 1 amide bonds. The second-order valence-corrected chi connectivity index (χ2v) is 8.75. The van der Waals surface area contributed by atoms with Gasteiger partial charge in [-0.15, -0.1) is 0 Å². The summed E-state index contributed by atoms with van der Waals surface area (Å²) in [5.41, 5.74) is 4.70. The highest BCUT2D eigenvalue weighted by atomic mass is 16.5. The number of hydrogen-bond acceptors (Lipinski definition) is 5. The van der Waals surface area contributed by atoms with E-state index in [1.165, 1.54) is 0 Å². The lowest BCUT2D eigenvalue weighted by molar-refractivity contribution is 0.0746. The van der Waals surface area contributed by atoms with Gasteiger partial charge in [-0.2, -0.15) is 0 Å². The van der Waals surface area contributed by atoms with Crippen LogP contribution in [0.15, 0.2) is 77.6 Å². The Morgan fingerprint density at radius 1 is 0.943 bits per heavy atom. The molecular formula is C28H28N4O3. The second-order valence-electron chi connectivity index (χ2n) is 8.75. The number of anilines is 1. The summed E-state index contributed by atoms with van der Waals surface area (Å²) in [5.74, 6) is 0.863. The van der Waals surface area contributed by atoms with Gasteiger partial charge in [-0.3, -0.25) is 9.59 Å². The number of para-hydroxylation sites is 2. The van der Waals surface area contributed by atoms with Crippen molar-refractivity contribution in [2.24, 2.45) is 0 Å². The van der Waals surface area contributed by atoms with Gasteiger partial charge in [0.1, 0.15) is 11.4 Å². The van der Waals surface area contributed by atoms with Crippen LogP contribution >= 0.6 is 0 Å². The van der Waals surface area contributed by atoms with Crippen molar-refractivity contribution in [1.29, 1.82) is 0 Å². The van der Waals surface area contributed by atoms with Gasteiger partial charge < -0.3 is 19.1 Å². The summed E-state index contributed by atoms with van der Waals surface area (Å²) >= 11 is 0. The molecule has 0 bridgehead atoms. The molecule has 1 fully saturated rings. The highest BCUT2D eigenvalue weighted by Gasteiger charge is 2.22. The lowest BCUT2D eigenvalue weighted by atomic mass is 10.1. The molecule has 35 heavy (non-hydrogen) atoms. The molecule has 7 heteroatoms. The molecule has 0 unspecified atom stereocenters. The van der Waals surface area contributed by atoms with Crippen LogP contribution < -0.4 is 15.2 Å². The number of aryl methyl sites for hydroxylation is 1. The maximum absolute atomic E-state index is 13.1. The maximum Gasteiger partial charge on any atom is 0.272 e. The molecule has 7 nitrogen and oxygen atoms in total. The van der Waals surface area contributed by atoms with Crippen molar-refractivity contribution in [1.82, 2.24) is 14.5 Å². The van der Waals surface area contributed by atoms with Crippen molar-refractivity contribution in [3.63, 3.8) is 0 Å². The van der Waals surface area contributed by atoms with Crippen molar-refractivity contribution >= 4 is 22.6 Å². The van der Waals surface area contributed by atoms with E-state index >= 15 is 0 Å². The van der Waals surface area contributed by atoms with Crippen molar-refractivity contribution < 1.29 is 9.53 Å². The second kappa shape index (κ2) is 9.62. The molecule has 0 saturated carbocycles. The van der Waals surface area contributed by atoms with Gasteiger partial charge in [0.05, 0.1) is 24.7 Å². The number of nitrogens with zero attached hydrogens (tertiary/aromatic N) is 4. The van der Waals surface area contributed by atoms with E-state index in [0.29, 0.717) is 30.9 Å². The van der Waals surface area contributed by atoms with Gasteiger partial charge in [0.2, 0.25) is 0 Å². The number of fused-ring (bicyclic) bond motifs is 1. The first-order valence-corrected chi connectivity index (χ1v) is 11.8. The molecule has 1 aliphatic rings. The zero-order valence-electron chi connectivity index (χ0n) is 20.0. The number of methoxy groups -OCH3 is 1. The largest absolute Gasteiger partial charge is 0.497 e. The molecule has 0 spiro atoms. The molecule has 1 aliphatic heterocycles. The Labute approximate surface area is 204 Å². The monoisotopic (exact) mass is 468 g/mol. The van der Waals surface area contributed by atoms with Gasteiger partial charge >= 0.3 is 0 Å². The Morgan fingerprint density at radius 2 is 1.69 bits per heavy atom. The van der Waals surface area contributed by atoms with Gasteiger partial charge in [0.15, 0.2) is 0 Å².